The monoisotopic (exact) mass is 564 g/mol. The van der Waals surface area contributed by atoms with Crippen molar-refractivity contribution in [3.63, 3.8) is 0 Å². The van der Waals surface area contributed by atoms with E-state index >= 15 is 0 Å². The van der Waals surface area contributed by atoms with Crippen molar-refractivity contribution in [3.05, 3.63) is 59.2 Å². The van der Waals surface area contributed by atoms with Crippen LogP contribution in [0, 0.1) is 0 Å². The summed E-state index contributed by atoms with van der Waals surface area (Å²) in [5.41, 5.74) is 1.25. The third kappa shape index (κ3) is 8.31. The van der Waals surface area contributed by atoms with Crippen molar-refractivity contribution in [1.82, 2.24) is 0 Å². The quantitative estimate of drug-likeness (QED) is 0.110. The van der Waals surface area contributed by atoms with Gasteiger partial charge in [0.1, 0.15) is 24.9 Å². The first-order valence-corrected chi connectivity index (χ1v) is 12.2. The van der Waals surface area contributed by atoms with E-state index in [9.17, 15) is 40.2 Å². The summed E-state index contributed by atoms with van der Waals surface area (Å²) in [6.07, 6.45) is -6.70. The second-order valence-corrected chi connectivity index (χ2v) is 9.21. The lowest BCUT2D eigenvalue weighted by atomic mass is 9.99. The van der Waals surface area contributed by atoms with Gasteiger partial charge in [0.2, 0.25) is 0 Å². The first-order valence-electron chi connectivity index (χ1n) is 12.2. The van der Waals surface area contributed by atoms with Crippen LogP contribution in [0.2, 0.25) is 0 Å². The molecule has 0 radical (unpaired) electrons. The molecule has 0 aromatic heterocycles. The summed E-state index contributed by atoms with van der Waals surface area (Å²) in [5, 5.41) is 68.6. The SMILES string of the molecule is CC(=CCO)COC1OC(COC(=O)Cc2ccc(O)c(O)c2)C(O)C(O)C1OC(=O)Cc1ccc(O)c(O)c1. The summed E-state index contributed by atoms with van der Waals surface area (Å²) in [6, 6.07) is 7.57. The molecule has 1 heterocycles. The minimum absolute atomic E-state index is 0.0925. The lowest BCUT2D eigenvalue weighted by Crippen LogP contribution is -2.60. The molecule has 40 heavy (non-hydrogen) atoms. The molecule has 218 valence electrons. The van der Waals surface area contributed by atoms with Gasteiger partial charge in [-0.15, -0.1) is 0 Å². The van der Waals surface area contributed by atoms with Gasteiger partial charge in [-0.05, 0) is 47.9 Å². The number of aromatic hydroxyl groups is 4. The molecule has 1 aliphatic heterocycles. The van der Waals surface area contributed by atoms with Gasteiger partial charge in [0, 0.05) is 0 Å². The Bertz CT molecular complexity index is 1210. The number of carbonyl (C=O) groups is 2. The highest BCUT2D eigenvalue weighted by Crippen LogP contribution is 2.28. The third-order valence-corrected chi connectivity index (χ3v) is 6.01. The molecule has 5 atom stereocenters. The highest BCUT2D eigenvalue weighted by Gasteiger charge is 2.47. The zero-order valence-electron chi connectivity index (χ0n) is 21.5. The summed E-state index contributed by atoms with van der Waals surface area (Å²) >= 11 is 0. The van der Waals surface area contributed by atoms with Gasteiger partial charge < -0.3 is 54.7 Å². The van der Waals surface area contributed by atoms with E-state index in [4.69, 9.17) is 24.1 Å². The average molecular weight is 565 g/mol. The van der Waals surface area contributed by atoms with Gasteiger partial charge in [0.15, 0.2) is 35.4 Å². The van der Waals surface area contributed by atoms with Crippen molar-refractivity contribution in [2.24, 2.45) is 0 Å². The normalized spacial score (nSPS) is 23.0. The van der Waals surface area contributed by atoms with Crippen molar-refractivity contribution < 1.29 is 64.3 Å². The Hall–Kier alpha value is -3.88. The van der Waals surface area contributed by atoms with Crippen LogP contribution >= 0.6 is 0 Å². The number of benzene rings is 2. The Balaban J connectivity index is 1.67. The van der Waals surface area contributed by atoms with Gasteiger partial charge in [-0.25, -0.2) is 0 Å². The average Bonchev–Trinajstić information content (AvgIpc) is 2.90. The van der Waals surface area contributed by atoms with Crippen molar-refractivity contribution in [1.29, 1.82) is 0 Å². The molecule has 1 fully saturated rings. The molecule has 3 rings (SSSR count). The first kappa shape index (κ1) is 30.7. The molecule has 0 bridgehead atoms. The molecule has 2 aromatic rings. The Labute approximate surface area is 229 Å². The van der Waals surface area contributed by atoms with E-state index in [1.165, 1.54) is 42.5 Å². The number of aliphatic hydroxyl groups excluding tert-OH is 3. The zero-order valence-corrected chi connectivity index (χ0v) is 21.5. The van der Waals surface area contributed by atoms with Crippen LogP contribution in [0.3, 0.4) is 0 Å². The van der Waals surface area contributed by atoms with Gasteiger partial charge in [-0.3, -0.25) is 9.59 Å². The highest BCUT2D eigenvalue weighted by molar-refractivity contribution is 5.73. The number of carbonyl (C=O) groups excluding carboxylic acids is 2. The molecule has 0 amide bonds. The van der Waals surface area contributed by atoms with Gasteiger partial charge >= 0.3 is 11.9 Å². The van der Waals surface area contributed by atoms with E-state index in [1.54, 1.807) is 6.92 Å². The van der Waals surface area contributed by atoms with Crippen LogP contribution < -0.4 is 0 Å². The van der Waals surface area contributed by atoms with E-state index in [1.807, 2.05) is 0 Å². The first-order chi connectivity index (χ1) is 19.0. The number of rotatable bonds is 11. The Kier molecular flexibility index (Phi) is 10.7. The predicted molar refractivity (Wildman–Crippen MR) is 135 cm³/mol. The molecule has 0 aliphatic carbocycles. The largest absolute Gasteiger partial charge is 0.504 e. The Morgan fingerprint density at radius 2 is 1.45 bits per heavy atom. The number of ether oxygens (including phenoxy) is 4. The van der Waals surface area contributed by atoms with Gasteiger partial charge in [0.05, 0.1) is 26.1 Å². The fourth-order valence-corrected chi connectivity index (χ4v) is 3.84. The summed E-state index contributed by atoms with van der Waals surface area (Å²) in [7, 11) is 0. The molecule has 2 aromatic carbocycles. The smallest absolute Gasteiger partial charge is 0.310 e. The topological polar surface area (TPSA) is 213 Å². The summed E-state index contributed by atoms with van der Waals surface area (Å²) in [5.74, 6) is -3.18. The maximum Gasteiger partial charge on any atom is 0.310 e. The van der Waals surface area contributed by atoms with Crippen LogP contribution in [-0.4, -0.2) is 98.2 Å². The predicted octanol–water partition coefficient (Wildman–Crippen LogP) is 0.151. The van der Waals surface area contributed by atoms with Crippen LogP contribution in [0.15, 0.2) is 48.0 Å². The number of esters is 2. The number of phenolic OH excluding ortho intramolecular Hbond substituents is 4. The third-order valence-electron chi connectivity index (χ3n) is 6.01. The maximum atomic E-state index is 12.6. The lowest BCUT2D eigenvalue weighted by molar-refractivity contribution is -0.302. The minimum atomic E-state index is -1.71. The highest BCUT2D eigenvalue weighted by atomic mass is 16.7. The summed E-state index contributed by atoms with van der Waals surface area (Å²) in [6.45, 7) is 0.811. The van der Waals surface area contributed by atoms with Gasteiger partial charge in [-0.1, -0.05) is 18.2 Å². The lowest BCUT2D eigenvalue weighted by Gasteiger charge is -2.41. The molecule has 1 aliphatic rings. The molecule has 0 spiro atoms. The molecule has 13 heteroatoms. The van der Waals surface area contributed by atoms with Crippen LogP contribution in [0.5, 0.6) is 23.0 Å². The maximum absolute atomic E-state index is 12.6. The summed E-state index contributed by atoms with van der Waals surface area (Å²) < 4.78 is 21.9. The minimum Gasteiger partial charge on any atom is -0.504 e. The number of aliphatic hydroxyl groups is 3. The van der Waals surface area contributed by atoms with Gasteiger partial charge in [-0.2, -0.15) is 0 Å². The molecule has 1 saturated heterocycles. The summed E-state index contributed by atoms with van der Waals surface area (Å²) in [4.78, 5) is 24.9. The standard InChI is InChI=1S/C27H32O13/c1-14(6-7-28)12-38-27-26(40-23(34)11-16-3-5-18(30)20(32)9-16)25(36)24(35)21(39-27)13-37-22(33)10-15-2-4-17(29)19(31)8-15/h2-6,8-9,21,24-32,35-36H,7,10-13H2,1H3. The van der Waals surface area contributed by atoms with Crippen molar-refractivity contribution in [2.45, 2.75) is 50.5 Å². The van der Waals surface area contributed by atoms with E-state index in [0.717, 1.165) is 0 Å². The van der Waals surface area contributed by atoms with Crippen molar-refractivity contribution in [2.75, 3.05) is 19.8 Å². The number of hydrogen-bond acceptors (Lipinski definition) is 13. The van der Waals surface area contributed by atoms with Crippen LogP contribution in [0.4, 0.5) is 0 Å². The second-order valence-electron chi connectivity index (χ2n) is 9.21. The number of phenols is 4. The molecule has 13 nitrogen and oxygen atoms in total. The van der Waals surface area contributed by atoms with Crippen molar-refractivity contribution >= 4 is 11.9 Å². The fourth-order valence-electron chi connectivity index (χ4n) is 3.84. The van der Waals surface area contributed by atoms with E-state index in [-0.39, 0.29) is 37.6 Å². The Morgan fingerprint density at radius 1 is 0.875 bits per heavy atom. The number of hydrogen-bond donors (Lipinski definition) is 7. The van der Waals surface area contributed by atoms with Crippen LogP contribution in [0.25, 0.3) is 0 Å². The van der Waals surface area contributed by atoms with E-state index in [2.05, 4.69) is 0 Å². The second kappa shape index (κ2) is 14.0. The molecule has 7 N–H and O–H groups in total. The zero-order chi connectivity index (χ0) is 29.4. The van der Waals surface area contributed by atoms with Crippen LogP contribution in [0.1, 0.15) is 18.1 Å². The van der Waals surface area contributed by atoms with Gasteiger partial charge in [0.25, 0.3) is 0 Å². The Morgan fingerprint density at radius 3 is 2.00 bits per heavy atom. The molecular weight excluding hydrogens is 532 g/mol. The fraction of sp³-hybridized carbons (Fsp3) is 0.407. The van der Waals surface area contributed by atoms with E-state index in [0.29, 0.717) is 16.7 Å². The van der Waals surface area contributed by atoms with E-state index < -0.39 is 60.8 Å². The van der Waals surface area contributed by atoms with Crippen molar-refractivity contribution in [3.8, 4) is 23.0 Å². The van der Waals surface area contributed by atoms with Crippen LogP contribution in [-0.2, 0) is 41.4 Å². The molecule has 5 unspecified atom stereocenters. The molecular formula is C27H32O13. The molecule has 0 saturated carbocycles.